The highest BCUT2D eigenvalue weighted by atomic mass is 15.4. The average Bonchev–Trinajstić information content (AvgIpc) is 2.85. The van der Waals surface area contributed by atoms with Crippen molar-refractivity contribution in [3.63, 3.8) is 0 Å². The van der Waals surface area contributed by atoms with Crippen LogP contribution in [0.1, 0.15) is 39.0 Å². The summed E-state index contributed by atoms with van der Waals surface area (Å²) >= 11 is 0. The molecule has 0 aliphatic rings. The third-order valence-electron chi connectivity index (χ3n) is 2.57. The van der Waals surface area contributed by atoms with Crippen molar-refractivity contribution in [1.82, 2.24) is 20.3 Å². The van der Waals surface area contributed by atoms with Gasteiger partial charge in [0.15, 0.2) is 0 Å². The van der Waals surface area contributed by atoms with Crippen molar-refractivity contribution in [2.24, 2.45) is 0 Å². The molecule has 0 atom stereocenters. The Labute approximate surface area is 104 Å². The van der Waals surface area contributed by atoms with Crippen LogP contribution in [0.4, 0.5) is 0 Å². The standard InChI is InChI=1S/C13H22N4/c1-2-3-6-9-14-10-7-4-5-8-12-17-13-11-15-16-17/h11,13-14H,4-10,12H2,1H3. The summed E-state index contributed by atoms with van der Waals surface area (Å²) in [4.78, 5) is 0. The topological polar surface area (TPSA) is 42.7 Å². The van der Waals surface area contributed by atoms with Gasteiger partial charge in [-0.15, -0.1) is 16.9 Å². The highest BCUT2D eigenvalue weighted by Gasteiger charge is 1.93. The van der Waals surface area contributed by atoms with Crippen molar-refractivity contribution in [3.8, 4) is 11.8 Å². The number of hydrogen-bond donors (Lipinski definition) is 1. The highest BCUT2D eigenvalue weighted by Crippen LogP contribution is 2.00. The number of unbranched alkanes of at least 4 members (excludes halogenated alkanes) is 3. The summed E-state index contributed by atoms with van der Waals surface area (Å²) in [5.41, 5.74) is 0. The maximum Gasteiger partial charge on any atom is 0.0692 e. The molecule has 94 valence electrons. The average molecular weight is 234 g/mol. The van der Waals surface area contributed by atoms with E-state index in [4.69, 9.17) is 0 Å². The van der Waals surface area contributed by atoms with Gasteiger partial charge in [-0.2, -0.15) is 0 Å². The van der Waals surface area contributed by atoms with E-state index in [-0.39, 0.29) is 0 Å². The molecule has 0 saturated carbocycles. The molecule has 4 heteroatoms. The predicted octanol–water partition coefficient (Wildman–Crippen LogP) is 1.84. The van der Waals surface area contributed by atoms with Crippen molar-refractivity contribution >= 4 is 0 Å². The van der Waals surface area contributed by atoms with Crippen LogP contribution in [0.2, 0.25) is 0 Å². The maximum absolute atomic E-state index is 3.93. The molecule has 0 spiro atoms. The summed E-state index contributed by atoms with van der Waals surface area (Å²) in [6.45, 7) is 4.99. The van der Waals surface area contributed by atoms with Gasteiger partial charge in [0.25, 0.3) is 0 Å². The van der Waals surface area contributed by atoms with Crippen molar-refractivity contribution in [2.45, 2.75) is 45.6 Å². The zero-order valence-electron chi connectivity index (χ0n) is 10.7. The minimum Gasteiger partial charge on any atom is -0.316 e. The van der Waals surface area contributed by atoms with E-state index in [0.29, 0.717) is 0 Å². The monoisotopic (exact) mass is 234 g/mol. The molecule has 1 aromatic rings. The second kappa shape index (κ2) is 9.86. The Balaban J connectivity index is 1.79. The number of aromatic nitrogens is 3. The second-order valence-corrected chi connectivity index (χ2v) is 4.01. The summed E-state index contributed by atoms with van der Waals surface area (Å²) in [5.74, 6) is 5.94. The van der Waals surface area contributed by atoms with Crippen LogP contribution < -0.4 is 5.32 Å². The van der Waals surface area contributed by atoms with Crippen LogP contribution >= 0.6 is 0 Å². The number of hydrogen-bond acceptors (Lipinski definition) is 3. The summed E-state index contributed by atoms with van der Waals surface area (Å²) < 4.78 is 1.89. The van der Waals surface area contributed by atoms with Crippen LogP contribution in [0.25, 0.3) is 0 Å². The zero-order chi connectivity index (χ0) is 12.2. The normalized spacial score (nSPS) is 9.94. The molecule has 0 aliphatic carbocycles. The smallest absolute Gasteiger partial charge is 0.0692 e. The van der Waals surface area contributed by atoms with Crippen molar-refractivity contribution < 1.29 is 0 Å². The highest BCUT2D eigenvalue weighted by molar-refractivity contribution is 4.94. The Bertz CT molecular complexity index is 321. The number of rotatable bonds is 9. The lowest BCUT2D eigenvalue weighted by Gasteiger charge is -2.03. The maximum atomic E-state index is 3.93. The Morgan fingerprint density at radius 2 is 2.06 bits per heavy atom. The first-order chi connectivity index (χ1) is 8.43. The fourth-order valence-corrected chi connectivity index (χ4v) is 1.63. The van der Waals surface area contributed by atoms with Gasteiger partial charge in [-0.25, -0.2) is 0 Å². The van der Waals surface area contributed by atoms with Gasteiger partial charge < -0.3 is 5.32 Å². The van der Waals surface area contributed by atoms with Crippen LogP contribution in [0.15, 0.2) is 12.4 Å². The van der Waals surface area contributed by atoms with Crippen molar-refractivity contribution in [1.29, 1.82) is 0 Å². The minimum absolute atomic E-state index is 0.961. The van der Waals surface area contributed by atoms with Gasteiger partial charge >= 0.3 is 0 Å². The fourth-order valence-electron chi connectivity index (χ4n) is 1.63. The Hall–Kier alpha value is -1.34. The SMILES string of the molecule is CC#CCCNCCCCCCn1ccnn1. The van der Waals surface area contributed by atoms with Crippen molar-refractivity contribution in [2.75, 3.05) is 13.1 Å². The number of nitrogens with zero attached hydrogens (tertiary/aromatic N) is 3. The quantitative estimate of drug-likeness (QED) is 0.524. The van der Waals surface area contributed by atoms with Gasteiger partial charge in [-0.3, -0.25) is 4.68 Å². The number of aryl methyl sites for hydroxylation is 1. The molecule has 0 unspecified atom stereocenters. The second-order valence-electron chi connectivity index (χ2n) is 4.01. The predicted molar refractivity (Wildman–Crippen MR) is 69.4 cm³/mol. The van der Waals surface area contributed by atoms with E-state index in [1.807, 2.05) is 17.8 Å². The lowest BCUT2D eigenvalue weighted by Crippen LogP contribution is -2.16. The van der Waals surface area contributed by atoms with Crippen LogP contribution in [0.5, 0.6) is 0 Å². The molecule has 1 N–H and O–H groups in total. The molecule has 0 aliphatic heterocycles. The van der Waals surface area contributed by atoms with Crippen LogP contribution in [0, 0.1) is 11.8 Å². The van der Waals surface area contributed by atoms with E-state index in [1.54, 1.807) is 6.20 Å². The summed E-state index contributed by atoms with van der Waals surface area (Å²) in [6.07, 6.45) is 9.57. The summed E-state index contributed by atoms with van der Waals surface area (Å²) in [7, 11) is 0. The summed E-state index contributed by atoms with van der Waals surface area (Å²) in [5, 5.41) is 11.1. The lowest BCUT2D eigenvalue weighted by molar-refractivity contribution is 0.515. The Kier molecular flexibility index (Phi) is 7.96. The molecule has 0 amide bonds. The van der Waals surface area contributed by atoms with Gasteiger partial charge in [0.2, 0.25) is 0 Å². The van der Waals surface area contributed by atoms with E-state index < -0.39 is 0 Å². The van der Waals surface area contributed by atoms with Gasteiger partial charge in [-0.1, -0.05) is 18.1 Å². The third-order valence-corrected chi connectivity index (χ3v) is 2.57. The third kappa shape index (κ3) is 7.53. The molecule has 1 heterocycles. The number of nitrogens with one attached hydrogen (secondary N) is 1. The van der Waals surface area contributed by atoms with Gasteiger partial charge in [0.05, 0.1) is 6.20 Å². The van der Waals surface area contributed by atoms with Gasteiger partial charge in [0, 0.05) is 25.7 Å². The van der Waals surface area contributed by atoms with E-state index in [0.717, 1.165) is 26.1 Å². The summed E-state index contributed by atoms with van der Waals surface area (Å²) in [6, 6.07) is 0. The van der Waals surface area contributed by atoms with E-state index in [1.165, 1.54) is 25.7 Å². The van der Waals surface area contributed by atoms with E-state index >= 15 is 0 Å². The van der Waals surface area contributed by atoms with Crippen LogP contribution in [-0.2, 0) is 6.54 Å². The first-order valence-corrected chi connectivity index (χ1v) is 6.38. The molecule has 0 radical (unpaired) electrons. The first kappa shape index (κ1) is 13.7. The van der Waals surface area contributed by atoms with Gasteiger partial charge in [-0.05, 0) is 26.3 Å². The van der Waals surface area contributed by atoms with E-state index in [2.05, 4.69) is 27.5 Å². The Morgan fingerprint density at radius 1 is 1.18 bits per heavy atom. The molecule has 0 fully saturated rings. The molecule has 0 aromatic carbocycles. The fraction of sp³-hybridized carbons (Fsp3) is 0.692. The van der Waals surface area contributed by atoms with E-state index in [9.17, 15) is 0 Å². The molecule has 4 nitrogen and oxygen atoms in total. The minimum atomic E-state index is 0.961. The first-order valence-electron chi connectivity index (χ1n) is 6.38. The largest absolute Gasteiger partial charge is 0.316 e. The van der Waals surface area contributed by atoms with Crippen molar-refractivity contribution in [3.05, 3.63) is 12.4 Å². The van der Waals surface area contributed by atoms with Gasteiger partial charge in [0.1, 0.15) is 0 Å². The van der Waals surface area contributed by atoms with Crippen LogP contribution in [-0.4, -0.2) is 28.1 Å². The lowest BCUT2D eigenvalue weighted by atomic mass is 10.2. The molecule has 0 saturated heterocycles. The molecule has 1 rings (SSSR count). The Morgan fingerprint density at radius 3 is 2.82 bits per heavy atom. The van der Waals surface area contributed by atoms with Crippen LogP contribution in [0.3, 0.4) is 0 Å². The molecule has 17 heavy (non-hydrogen) atoms. The zero-order valence-corrected chi connectivity index (χ0v) is 10.7. The molecular formula is C13H22N4. The molecule has 1 aromatic heterocycles. The molecular weight excluding hydrogens is 212 g/mol. The molecule has 0 bridgehead atoms.